The summed E-state index contributed by atoms with van der Waals surface area (Å²) < 4.78 is 0. The van der Waals surface area contributed by atoms with E-state index in [9.17, 15) is 14.7 Å². The van der Waals surface area contributed by atoms with Gasteiger partial charge in [0.2, 0.25) is 5.91 Å². The van der Waals surface area contributed by atoms with Crippen molar-refractivity contribution in [1.82, 2.24) is 5.32 Å². The number of rotatable bonds is 7. The van der Waals surface area contributed by atoms with Crippen molar-refractivity contribution in [3.8, 4) is 0 Å². The average Bonchev–Trinajstić information content (AvgIpc) is 2.45. The molecule has 0 saturated carbocycles. The first kappa shape index (κ1) is 16.2. The van der Waals surface area contributed by atoms with Crippen LogP contribution < -0.4 is 11.1 Å². The van der Waals surface area contributed by atoms with Gasteiger partial charge in [-0.05, 0) is 11.5 Å². The highest BCUT2D eigenvalue weighted by Gasteiger charge is 2.28. The molecule has 0 heterocycles. The zero-order valence-electron chi connectivity index (χ0n) is 11.9. The molecule has 20 heavy (non-hydrogen) atoms. The van der Waals surface area contributed by atoms with Crippen molar-refractivity contribution in [2.45, 2.75) is 32.2 Å². The lowest BCUT2D eigenvalue weighted by atomic mass is 9.95. The second-order valence-electron chi connectivity index (χ2n) is 4.91. The molecule has 4 N–H and O–H groups in total. The highest BCUT2D eigenvalue weighted by molar-refractivity contribution is 5.88. The van der Waals surface area contributed by atoms with Crippen LogP contribution in [0.5, 0.6) is 0 Å². The Balaban J connectivity index is 2.84. The Kier molecular flexibility index (Phi) is 6.18. The summed E-state index contributed by atoms with van der Waals surface area (Å²) in [5.41, 5.74) is 6.45. The van der Waals surface area contributed by atoms with Gasteiger partial charge in [-0.2, -0.15) is 0 Å². The lowest BCUT2D eigenvalue weighted by molar-refractivity contribution is -0.143. The summed E-state index contributed by atoms with van der Waals surface area (Å²) in [7, 11) is 0. The van der Waals surface area contributed by atoms with Gasteiger partial charge in [-0.25, -0.2) is 4.79 Å². The van der Waals surface area contributed by atoms with Crippen LogP contribution in [0.1, 0.15) is 31.7 Å². The van der Waals surface area contributed by atoms with Crippen LogP contribution in [0.15, 0.2) is 30.3 Å². The van der Waals surface area contributed by atoms with E-state index < -0.39 is 17.9 Å². The first-order valence-electron chi connectivity index (χ1n) is 6.79. The third-order valence-corrected chi connectivity index (χ3v) is 3.53. The molecule has 5 heteroatoms. The number of benzene rings is 1. The topological polar surface area (TPSA) is 92.4 Å². The van der Waals surface area contributed by atoms with Crippen molar-refractivity contribution in [3.63, 3.8) is 0 Å². The second-order valence-corrected chi connectivity index (χ2v) is 4.91. The van der Waals surface area contributed by atoms with Gasteiger partial charge in [0.1, 0.15) is 6.04 Å². The van der Waals surface area contributed by atoms with E-state index in [2.05, 4.69) is 5.32 Å². The van der Waals surface area contributed by atoms with E-state index in [1.807, 2.05) is 37.3 Å². The van der Waals surface area contributed by atoms with Crippen molar-refractivity contribution in [3.05, 3.63) is 35.9 Å². The number of carboxylic acids is 1. The van der Waals surface area contributed by atoms with Gasteiger partial charge in [-0.1, -0.05) is 50.6 Å². The molecule has 1 rings (SSSR count). The number of carboxylic acid groups (broad SMARTS) is 1. The van der Waals surface area contributed by atoms with E-state index in [4.69, 9.17) is 5.73 Å². The van der Waals surface area contributed by atoms with Crippen LogP contribution in [-0.4, -0.2) is 29.6 Å². The lowest BCUT2D eigenvalue weighted by Gasteiger charge is -2.23. The minimum absolute atomic E-state index is 0.134. The smallest absolute Gasteiger partial charge is 0.326 e. The Bertz CT molecular complexity index is 448. The molecule has 0 aliphatic carbocycles. The van der Waals surface area contributed by atoms with Gasteiger partial charge in [0.05, 0.1) is 5.92 Å². The standard InChI is InChI=1S/C15H22N2O3/c1-3-10(2)13(15(19)20)17-14(18)12(9-16)11-7-5-4-6-8-11/h4-8,10,12-13H,3,9,16H2,1-2H3,(H,17,18)(H,19,20)/t10?,12?,13-/m0/s1. The quantitative estimate of drug-likeness (QED) is 0.702. The number of carbonyl (C=O) groups is 2. The highest BCUT2D eigenvalue weighted by atomic mass is 16.4. The second kappa shape index (κ2) is 7.65. The molecule has 0 saturated heterocycles. The van der Waals surface area contributed by atoms with Gasteiger partial charge in [0.15, 0.2) is 0 Å². The first-order valence-corrected chi connectivity index (χ1v) is 6.79. The Morgan fingerprint density at radius 2 is 1.90 bits per heavy atom. The van der Waals surface area contributed by atoms with Crippen LogP contribution in [0, 0.1) is 5.92 Å². The molecular weight excluding hydrogens is 256 g/mol. The van der Waals surface area contributed by atoms with Crippen LogP contribution >= 0.6 is 0 Å². The molecule has 1 aromatic carbocycles. The maximum atomic E-state index is 12.3. The molecule has 0 aromatic heterocycles. The summed E-state index contributed by atoms with van der Waals surface area (Å²) in [6, 6.07) is 8.26. The SMILES string of the molecule is CCC(C)[C@H](NC(=O)C(CN)c1ccccc1)C(=O)O. The summed E-state index contributed by atoms with van der Waals surface area (Å²) in [5, 5.41) is 11.8. The van der Waals surface area contributed by atoms with E-state index in [-0.39, 0.29) is 18.4 Å². The lowest BCUT2D eigenvalue weighted by Crippen LogP contribution is -2.47. The van der Waals surface area contributed by atoms with Crippen molar-refractivity contribution in [2.24, 2.45) is 11.7 Å². The van der Waals surface area contributed by atoms with E-state index in [1.165, 1.54) is 0 Å². The van der Waals surface area contributed by atoms with Crippen molar-refractivity contribution < 1.29 is 14.7 Å². The van der Waals surface area contributed by atoms with Gasteiger partial charge < -0.3 is 16.2 Å². The molecule has 2 unspecified atom stereocenters. The number of nitrogens with one attached hydrogen (secondary N) is 1. The largest absolute Gasteiger partial charge is 0.480 e. The van der Waals surface area contributed by atoms with E-state index >= 15 is 0 Å². The van der Waals surface area contributed by atoms with Crippen molar-refractivity contribution in [1.29, 1.82) is 0 Å². The number of hydrogen-bond acceptors (Lipinski definition) is 3. The van der Waals surface area contributed by atoms with Crippen LogP contribution in [0.4, 0.5) is 0 Å². The summed E-state index contributed by atoms with van der Waals surface area (Å²) in [6.07, 6.45) is 0.676. The number of nitrogens with two attached hydrogens (primary N) is 1. The Labute approximate surface area is 119 Å². The van der Waals surface area contributed by atoms with Crippen LogP contribution in [0.2, 0.25) is 0 Å². The van der Waals surface area contributed by atoms with Gasteiger partial charge in [-0.15, -0.1) is 0 Å². The maximum Gasteiger partial charge on any atom is 0.326 e. The van der Waals surface area contributed by atoms with Gasteiger partial charge in [0.25, 0.3) is 0 Å². The Morgan fingerprint density at radius 3 is 2.35 bits per heavy atom. The minimum Gasteiger partial charge on any atom is -0.480 e. The van der Waals surface area contributed by atoms with Crippen LogP contribution in [0.25, 0.3) is 0 Å². The zero-order valence-corrected chi connectivity index (χ0v) is 11.9. The molecular formula is C15H22N2O3. The molecule has 0 bridgehead atoms. The van der Waals surface area contributed by atoms with E-state index in [0.29, 0.717) is 6.42 Å². The van der Waals surface area contributed by atoms with Gasteiger partial charge >= 0.3 is 5.97 Å². The van der Waals surface area contributed by atoms with Crippen LogP contribution in [0.3, 0.4) is 0 Å². The van der Waals surface area contributed by atoms with E-state index in [1.54, 1.807) is 6.92 Å². The van der Waals surface area contributed by atoms with Gasteiger partial charge in [0, 0.05) is 6.54 Å². The number of amides is 1. The fourth-order valence-electron chi connectivity index (χ4n) is 2.02. The Hall–Kier alpha value is -1.88. The molecule has 0 radical (unpaired) electrons. The Morgan fingerprint density at radius 1 is 1.30 bits per heavy atom. The molecule has 5 nitrogen and oxygen atoms in total. The predicted molar refractivity (Wildman–Crippen MR) is 77.3 cm³/mol. The molecule has 1 amide bonds. The molecule has 1 aromatic rings. The number of carbonyl (C=O) groups excluding carboxylic acids is 1. The van der Waals surface area contributed by atoms with Gasteiger partial charge in [-0.3, -0.25) is 4.79 Å². The first-order chi connectivity index (χ1) is 9.51. The van der Waals surface area contributed by atoms with Crippen molar-refractivity contribution in [2.75, 3.05) is 6.54 Å². The highest BCUT2D eigenvalue weighted by Crippen LogP contribution is 2.16. The van der Waals surface area contributed by atoms with Crippen molar-refractivity contribution >= 4 is 11.9 Å². The summed E-state index contributed by atoms with van der Waals surface area (Å²) in [6.45, 7) is 3.84. The minimum atomic E-state index is -1.02. The zero-order chi connectivity index (χ0) is 15.1. The van der Waals surface area contributed by atoms with Crippen LogP contribution in [-0.2, 0) is 9.59 Å². The third-order valence-electron chi connectivity index (χ3n) is 3.53. The number of hydrogen-bond donors (Lipinski definition) is 3. The summed E-state index contributed by atoms with van der Waals surface area (Å²) >= 11 is 0. The fourth-order valence-corrected chi connectivity index (χ4v) is 2.02. The normalized spacial score (nSPS) is 15.2. The average molecular weight is 278 g/mol. The molecule has 3 atom stereocenters. The fraction of sp³-hybridized carbons (Fsp3) is 0.467. The molecule has 110 valence electrons. The number of aliphatic carboxylic acids is 1. The molecule has 0 aliphatic rings. The molecule has 0 aliphatic heterocycles. The van der Waals surface area contributed by atoms with E-state index in [0.717, 1.165) is 5.56 Å². The maximum absolute atomic E-state index is 12.3. The molecule has 0 spiro atoms. The predicted octanol–water partition coefficient (Wildman–Crippen LogP) is 1.34. The summed E-state index contributed by atoms with van der Waals surface area (Å²) in [5.74, 6) is -2.02. The molecule has 0 fully saturated rings. The summed E-state index contributed by atoms with van der Waals surface area (Å²) in [4.78, 5) is 23.5. The third kappa shape index (κ3) is 4.06. The monoisotopic (exact) mass is 278 g/mol.